The van der Waals surface area contributed by atoms with Gasteiger partial charge in [-0.05, 0) is 31.2 Å². The molecule has 2 saturated carbocycles. The second kappa shape index (κ2) is 5.95. The third-order valence-corrected chi connectivity index (χ3v) is 10.9. The van der Waals surface area contributed by atoms with Gasteiger partial charge < -0.3 is 23.7 Å². The van der Waals surface area contributed by atoms with Crippen molar-refractivity contribution in [3.05, 3.63) is 24.2 Å². The molecule has 1 aromatic heterocycles. The quantitative estimate of drug-likeness (QED) is 0.624. The molecule has 2 bridgehead atoms. The molecule has 6 fully saturated rings. The fraction of sp³-hybridized carbons (Fsp3) is 0.731. The van der Waals surface area contributed by atoms with Gasteiger partial charge in [-0.15, -0.1) is 0 Å². The van der Waals surface area contributed by atoms with Crippen molar-refractivity contribution in [1.29, 1.82) is 0 Å². The van der Waals surface area contributed by atoms with Crippen molar-refractivity contribution < 1.29 is 38.1 Å². The first-order valence-electron chi connectivity index (χ1n) is 12.3. The average Bonchev–Trinajstić information content (AvgIpc) is 3.46. The van der Waals surface area contributed by atoms with Crippen LogP contribution in [0.4, 0.5) is 0 Å². The van der Waals surface area contributed by atoms with Gasteiger partial charge in [0.1, 0.15) is 18.5 Å². The van der Waals surface area contributed by atoms with Crippen LogP contribution in [0.25, 0.3) is 0 Å². The highest BCUT2D eigenvalue weighted by molar-refractivity contribution is 5.91. The molecule has 4 aliphatic heterocycles. The van der Waals surface area contributed by atoms with Gasteiger partial charge >= 0.3 is 11.9 Å². The first-order valence-corrected chi connectivity index (χ1v) is 12.3. The standard InChI is InChI=1S/C26H30O8/c1-22(2)16-8-18(27)32-12-24(16)15-4-6-23(3)17(9-19(28)33-21(23)13-5-7-31-11-13)25(15)10-14(20(22)29)26(24,30)34-25/h5,7,11,14-17,21,30H,4,6,8-10,12H2,1-3H3/t14-,15+,16-,17+,21-,23+,24+,25-,26-/m0/s1. The average molecular weight is 471 g/mol. The van der Waals surface area contributed by atoms with Crippen molar-refractivity contribution in [1.82, 2.24) is 0 Å². The van der Waals surface area contributed by atoms with Gasteiger partial charge in [0, 0.05) is 28.2 Å². The van der Waals surface area contributed by atoms with Gasteiger partial charge in [-0.1, -0.05) is 20.8 Å². The number of cyclic esters (lactones) is 2. The van der Waals surface area contributed by atoms with Gasteiger partial charge in [0.2, 0.25) is 0 Å². The molecule has 1 aromatic rings. The highest BCUT2D eigenvalue weighted by Crippen LogP contribution is 2.80. The number of ketones is 1. The van der Waals surface area contributed by atoms with Crippen LogP contribution in [0.15, 0.2) is 23.0 Å². The summed E-state index contributed by atoms with van der Waals surface area (Å²) in [7, 11) is 0. The predicted molar refractivity (Wildman–Crippen MR) is 114 cm³/mol. The first kappa shape index (κ1) is 21.1. The Balaban J connectivity index is 1.41. The zero-order valence-electron chi connectivity index (χ0n) is 19.7. The predicted octanol–water partition coefficient (Wildman–Crippen LogP) is 2.94. The van der Waals surface area contributed by atoms with Crippen LogP contribution < -0.4 is 0 Å². The number of hydrogen-bond acceptors (Lipinski definition) is 8. The van der Waals surface area contributed by atoms with Crippen molar-refractivity contribution in [2.24, 2.45) is 39.9 Å². The zero-order chi connectivity index (χ0) is 23.9. The monoisotopic (exact) mass is 470 g/mol. The molecule has 8 heteroatoms. The smallest absolute Gasteiger partial charge is 0.306 e. The lowest BCUT2D eigenvalue weighted by Crippen LogP contribution is -2.74. The van der Waals surface area contributed by atoms with E-state index in [0.717, 1.165) is 18.4 Å². The van der Waals surface area contributed by atoms with E-state index < -0.39 is 39.7 Å². The van der Waals surface area contributed by atoms with E-state index in [4.69, 9.17) is 18.6 Å². The summed E-state index contributed by atoms with van der Waals surface area (Å²) in [4.78, 5) is 39.1. The van der Waals surface area contributed by atoms with Crippen LogP contribution in [-0.2, 0) is 28.6 Å². The SMILES string of the molecule is CC1(C)C(=O)[C@@H]2C[C@]34O[C@]2(O)[C@]2(COC(=O)C[C@@H]12)[C@H]3CC[C@]1(C)[C@H]4CC(=O)O[C@H]1c1ccoc1. The third-order valence-electron chi connectivity index (χ3n) is 10.9. The van der Waals surface area contributed by atoms with Crippen LogP contribution in [0, 0.1) is 39.9 Å². The highest BCUT2D eigenvalue weighted by atomic mass is 16.7. The van der Waals surface area contributed by atoms with E-state index in [1.807, 2.05) is 19.9 Å². The molecule has 6 aliphatic rings. The van der Waals surface area contributed by atoms with Crippen LogP contribution in [0.1, 0.15) is 64.5 Å². The molecular weight excluding hydrogens is 440 g/mol. The van der Waals surface area contributed by atoms with Crippen molar-refractivity contribution >= 4 is 17.7 Å². The van der Waals surface area contributed by atoms with Gasteiger partial charge in [-0.2, -0.15) is 0 Å². The van der Waals surface area contributed by atoms with E-state index in [9.17, 15) is 19.5 Å². The molecular formula is C26H30O8. The van der Waals surface area contributed by atoms with Crippen LogP contribution in [0.3, 0.4) is 0 Å². The molecule has 0 radical (unpaired) electrons. The Bertz CT molecular complexity index is 1120. The van der Waals surface area contributed by atoms with Crippen molar-refractivity contribution in [2.75, 3.05) is 6.61 Å². The van der Waals surface area contributed by atoms with Crippen molar-refractivity contribution in [3.63, 3.8) is 0 Å². The molecule has 1 N–H and O–H groups in total. The zero-order valence-corrected chi connectivity index (χ0v) is 19.7. The number of esters is 2. The largest absolute Gasteiger partial charge is 0.472 e. The molecule has 182 valence electrons. The lowest BCUT2D eigenvalue weighted by atomic mass is 9.36. The number of furan rings is 1. The minimum atomic E-state index is -1.70. The molecule has 5 heterocycles. The Morgan fingerprint density at radius 3 is 2.53 bits per heavy atom. The lowest BCUT2D eigenvalue weighted by Gasteiger charge is -2.66. The summed E-state index contributed by atoms with van der Waals surface area (Å²) in [5, 5.41) is 12.2. The summed E-state index contributed by atoms with van der Waals surface area (Å²) in [6.45, 7) is 5.98. The van der Waals surface area contributed by atoms with Gasteiger partial charge in [0.05, 0.1) is 42.3 Å². The number of ether oxygens (including phenoxy) is 3. The maximum Gasteiger partial charge on any atom is 0.306 e. The van der Waals surface area contributed by atoms with Gasteiger partial charge in [-0.3, -0.25) is 14.4 Å². The summed E-state index contributed by atoms with van der Waals surface area (Å²) < 4.78 is 23.6. The summed E-state index contributed by atoms with van der Waals surface area (Å²) in [6, 6.07) is 1.83. The minimum absolute atomic E-state index is 0.0473. The summed E-state index contributed by atoms with van der Waals surface area (Å²) in [5.41, 5.74) is -2.14. The van der Waals surface area contributed by atoms with Crippen LogP contribution in [0.2, 0.25) is 0 Å². The number of fused-ring (bicyclic) bond motifs is 1. The Labute approximate surface area is 197 Å². The van der Waals surface area contributed by atoms with E-state index in [1.54, 1.807) is 12.5 Å². The molecule has 7 rings (SSSR count). The van der Waals surface area contributed by atoms with Crippen LogP contribution in [-0.4, -0.2) is 40.8 Å². The summed E-state index contributed by atoms with van der Waals surface area (Å²) >= 11 is 0. The number of hydrogen-bond donors (Lipinski definition) is 1. The first-order chi connectivity index (χ1) is 16.0. The van der Waals surface area contributed by atoms with E-state index in [1.165, 1.54) is 0 Å². The molecule has 2 spiro atoms. The molecule has 8 nitrogen and oxygen atoms in total. The molecule has 4 saturated heterocycles. The van der Waals surface area contributed by atoms with Gasteiger partial charge in [-0.25, -0.2) is 0 Å². The van der Waals surface area contributed by atoms with Crippen molar-refractivity contribution in [2.45, 2.75) is 70.4 Å². The van der Waals surface area contributed by atoms with E-state index in [2.05, 4.69) is 6.92 Å². The van der Waals surface area contributed by atoms with E-state index >= 15 is 0 Å². The third kappa shape index (κ3) is 2.02. The Morgan fingerprint density at radius 1 is 1.03 bits per heavy atom. The topological polar surface area (TPSA) is 112 Å². The fourth-order valence-corrected chi connectivity index (χ4v) is 9.59. The molecule has 34 heavy (non-hydrogen) atoms. The van der Waals surface area contributed by atoms with Crippen LogP contribution in [0.5, 0.6) is 0 Å². The number of rotatable bonds is 1. The second-order valence-electron chi connectivity index (χ2n) is 12.3. The summed E-state index contributed by atoms with van der Waals surface area (Å²) in [6.07, 6.45) is 4.82. The minimum Gasteiger partial charge on any atom is -0.472 e. The van der Waals surface area contributed by atoms with E-state index in [-0.39, 0.29) is 54.9 Å². The lowest BCUT2D eigenvalue weighted by molar-refractivity contribution is -0.301. The molecule has 9 atom stereocenters. The molecule has 0 amide bonds. The Kier molecular flexibility index (Phi) is 3.70. The Hall–Kier alpha value is -2.19. The number of carbonyl (C=O) groups is 3. The number of aliphatic hydroxyl groups is 1. The molecule has 0 aromatic carbocycles. The number of Topliss-reactive ketones (excluding diaryl/α,β-unsaturated/α-hetero) is 1. The fourth-order valence-electron chi connectivity index (χ4n) is 9.59. The van der Waals surface area contributed by atoms with Gasteiger partial charge in [0.15, 0.2) is 5.79 Å². The van der Waals surface area contributed by atoms with E-state index in [0.29, 0.717) is 6.42 Å². The normalized spacial score (nSPS) is 52.4. The summed E-state index contributed by atoms with van der Waals surface area (Å²) in [5.74, 6) is -3.87. The van der Waals surface area contributed by atoms with Gasteiger partial charge in [0.25, 0.3) is 0 Å². The second-order valence-corrected chi connectivity index (χ2v) is 12.3. The highest BCUT2D eigenvalue weighted by Gasteiger charge is 2.89. The molecule has 2 aliphatic carbocycles. The van der Waals surface area contributed by atoms with Crippen LogP contribution >= 0.6 is 0 Å². The Morgan fingerprint density at radius 2 is 1.79 bits per heavy atom. The maximum atomic E-state index is 13.8. The number of carbonyl (C=O) groups excluding carboxylic acids is 3. The maximum absolute atomic E-state index is 13.8. The van der Waals surface area contributed by atoms with Crippen molar-refractivity contribution in [3.8, 4) is 0 Å². The molecule has 0 unspecified atom stereocenters.